The van der Waals surface area contributed by atoms with Gasteiger partial charge in [-0.3, -0.25) is 14.4 Å². The van der Waals surface area contributed by atoms with Crippen molar-refractivity contribution in [2.24, 2.45) is 0 Å². The molecule has 0 aliphatic rings. The van der Waals surface area contributed by atoms with Gasteiger partial charge in [0.15, 0.2) is 0 Å². The molecule has 0 heterocycles. The van der Waals surface area contributed by atoms with E-state index in [0.29, 0.717) is 12.8 Å². The minimum atomic E-state index is -0.221. The number of amides is 2. The third kappa shape index (κ3) is 17.1. The lowest BCUT2D eigenvalue weighted by Gasteiger charge is -2.23. The summed E-state index contributed by atoms with van der Waals surface area (Å²) in [5, 5.41) is 18.6. The molecule has 0 radical (unpaired) electrons. The Balaban J connectivity index is 4.83. The molecule has 3 atom stereocenters. The van der Waals surface area contributed by atoms with Crippen molar-refractivity contribution in [2.45, 2.75) is 82.8 Å². The number of carbonyl (C=O) groups is 3. The first-order valence-corrected chi connectivity index (χ1v) is 12.0. The van der Waals surface area contributed by atoms with Crippen molar-refractivity contribution in [1.29, 1.82) is 0 Å². The van der Waals surface area contributed by atoms with E-state index < -0.39 is 0 Å². The zero-order valence-electron chi connectivity index (χ0n) is 20.9. The van der Waals surface area contributed by atoms with Crippen LogP contribution in [0.3, 0.4) is 0 Å². The molecule has 0 aliphatic heterocycles. The van der Waals surface area contributed by atoms with E-state index in [4.69, 9.17) is 0 Å². The summed E-state index contributed by atoms with van der Waals surface area (Å²) in [6, 6.07) is -0.272. The maximum Gasteiger partial charge on any atom is 0.222 e. The average Bonchev–Trinajstić information content (AvgIpc) is 2.72. The van der Waals surface area contributed by atoms with Crippen molar-refractivity contribution < 1.29 is 14.4 Å². The van der Waals surface area contributed by atoms with Gasteiger partial charge in [-0.1, -0.05) is 0 Å². The summed E-state index contributed by atoms with van der Waals surface area (Å²) in [7, 11) is 7.57. The van der Waals surface area contributed by atoms with Gasteiger partial charge in [0.05, 0.1) is 0 Å². The fraction of sp³-hybridized carbons (Fsp3) is 0.870. The third-order valence-electron chi connectivity index (χ3n) is 5.47. The van der Waals surface area contributed by atoms with Crippen molar-refractivity contribution in [2.75, 3.05) is 47.8 Å². The first-order valence-electron chi connectivity index (χ1n) is 12.0. The monoisotopic (exact) mass is 456 g/mol. The molecule has 9 nitrogen and oxygen atoms in total. The number of hydrogen-bond acceptors (Lipinski definition) is 7. The van der Waals surface area contributed by atoms with Crippen LogP contribution >= 0.6 is 0 Å². The summed E-state index contributed by atoms with van der Waals surface area (Å²) in [5.74, 6) is -0.0879. The van der Waals surface area contributed by atoms with E-state index in [-0.39, 0.29) is 42.1 Å². The van der Waals surface area contributed by atoms with E-state index >= 15 is 0 Å². The summed E-state index contributed by atoms with van der Waals surface area (Å²) < 4.78 is 0. The van der Waals surface area contributed by atoms with Gasteiger partial charge in [-0.25, -0.2) is 0 Å². The Bertz CT molecular complexity index is 518. The van der Waals surface area contributed by atoms with E-state index in [1.165, 1.54) is 0 Å². The predicted octanol–water partition coefficient (Wildman–Crippen LogP) is 0.302. The van der Waals surface area contributed by atoms with Gasteiger partial charge in [0.25, 0.3) is 0 Å². The van der Waals surface area contributed by atoms with Crippen molar-refractivity contribution in [3.63, 3.8) is 0 Å². The molecule has 0 rings (SSSR count). The summed E-state index contributed by atoms with van der Waals surface area (Å²) in [5.41, 5.74) is 0. The van der Waals surface area contributed by atoms with Crippen LogP contribution in [0.1, 0.15) is 64.7 Å². The number of Topliss-reactive ketones (excluding diaryl/α,β-unsaturated/α-hetero) is 1. The van der Waals surface area contributed by atoms with Crippen LogP contribution in [0.2, 0.25) is 0 Å². The topological polar surface area (TPSA) is 123 Å². The number of carbonyl (C=O) groups excluding carboxylic acids is 3. The van der Waals surface area contributed by atoms with Crippen LogP contribution in [-0.4, -0.2) is 83.5 Å². The van der Waals surface area contributed by atoms with E-state index in [1.807, 2.05) is 28.2 Å². The smallest absolute Gasteiger partial charge is 0.222 e. The second-order valence-corrected chi connectivity index (χ2v) is 8.57. The molecule has 188 valence electrons. The Morgan fingerprint density at radius 2 is 0.969 bits per heavy atom. The lowest BCUT2D eigenvalue weighted by molar-refractivity contribution is -0.124. The Morgan fingerprint density at radius 3 is 1.34 bits per heavy atom. The fourth-order valence-electron chi connectivity index (χ4n) is 3.74. The van der Waals surface area contributed by atoms with E-state index in [2.05, 4.69) is 31.9 Å². The molecule has 0 fully saturated rings. The molecule has 2 amide bonds. The molecule has 0 bridgehead atoms. The summed E-state index contributed by atoms with van der Waals surface area (Å²) >= 11 is 0. The van der Waals surface area contributed by atoms with Crippen molar-refractivity contribution in [1.82, 2.24) is 31.9 Å². The first kappa shape index (κ1) is 30.4. The van der Waals surface area contributed by atoms with Crippen LogP contribution in [0.25, 0.3) is 0 Å². The lowest BCUT2D eigenvalue weighted by atomic mass is 10.0. The maximum atomic E-state index is 12.7. The van der Waals surface area contributed by atoms with Crippen LogP contribution < -0.4 is 31.9 Å². The van der Waals surface area contributed by atoms with Gasteiger partial charge in [0.2, 0.25) is 11.8 Å². The SMILES string of the molecule is CNCCCC(CC(=O)NC(CCCNC)CC(=O)NC(CCCNC)CC(C)=O)NC. The highest BCUT2D eigenvalue weighted by atomic mass is 16.2. The molecule has 0 aliphatic carbocycles. The molecule has 0 aromatic rings. The van der Waals surface area contributed by atoms with Crippen molar-refractivity contribution in [3.05, 3.63) is 0 Å². The van der Waals surface area contributed by atoms with Gasteiger partial charge in [0, 0.05) is 37.4 Å². The van der Waals surface area contributed by atoms with Crippen molar-refractivity contribution in [3.8, 4) is 0 Å². The Kier molecular flexibility index (Phi) is 19.1. The quantitative estimate of drug-likeness (QED) is 0.137. The fourth-order valence-corrected chi connectivity index (χ4v) is 3.74. The van der Waals surface area contributed by atoms with E-state index in [1.54, 1.807) is 6.92 Å². The minimum Gasteiger partial charge on any atom is -0.353 e. The standard InChI is InChI=1S/C23H48N6O3/c1-18(30)15-20(10-7-13-25-3)28-23(32)17-21(11-8-14-26-4)29-22(31)16-19(27-5)9-6-12-24-2/h19-21,24-27H,6-17H2,1-5H3,(H,28,32)(H,29,31). The highest BCUT2D eigenvalue weighted by Gasteiger charge is 2.21. The zero-order valence-corrected chi connectivity index (χ0v) is 20.9. The van der Waals surface area contributed by atoms with Crippen LogP contribution in [0, 0.1) is 0 Å². The van der Waals surface area contributed by atoms with Gasteiger partial charge in [0.1, 0.15) is 5.78 Å². The molecule has 9 heteroatoms. The molecular formula is C23H48N6O3. The molecule has 3 unspecified atom stereocenters. The predicted molar refractivity (Wildman–Crippen MR) is 131 cm³/mol. The number of rotatable bonds is 21. The van der Waals surface area contributed by atoms with E-state index in [0.717, 1.165) is 58.2 Å². The normalized spacial score (nSPS) is 13.9. The Hall–Kier alpha value is -1.55. The first-order chi connectivity index (χ1) is 15.4. The highest BCUT2D eigenvalue weighted by Crippen LogP contribution is 2.08. The Labute approximate surface area is 195 Å². The molecule has 32 heavy (non-hydrogen) atoms. The molecule has 0 saturated carbocycles. The Morgan fingerprint density at radius 1 is 0.594 bits per heavy atom. The maximum absolute atomic E-state index is 12.7. The van der Waals surface area contributed by atoms with Crippen LogP contribution in [0.5, 0.6) is 0 Å². The van der Waals surface area contributed by atoms with Gasteiger partial charge >= 0.3 is 0 Å². The molecule has 0 aromatic heterocycles. The molecule has 0 aromatic carbocycles. The van der Waals surface area contributed by atoms with Gasteiger partial charge < -0.3 is 31.9 Å². The van der Waals surface area contributed by atoms with Gasteiger partial charge in [-0.2, -0.15) is 0 Å². The van der Waals surface area contributed by atoms with Crippen LogP contribution in [0.4, 0.5) is 0 Å². The molecular weight excluding hydrogens is 408 g/mol. The van der Waals surface area contributed by atoms with Crippen molar-refractivity contribution >= 4 is 17.6 Å². The summed E-state index contributed by atoms with van der Waals surface area (Å²) in [6.45, 7) is 4.14. The van der Waals surface area contributed by atoms with Gasteiger partial charge in [-0.05, 0) is 93.3 Å². The second kappa shape index (κ2) is 20.1. The molecule has 0 spiro atoms. The summed E-state index contributed by atoms with van der Waals surface area (Å²) in [4.78, 5) is 37.0. The number of nitrogens with one attached hydrogen (secondary N) is 6. The zero-order chi connectivity index (χ0) is 24.2. The van der Waals surface area contributed by atoms with Crippen LogP contribution in [0.15, 0.2) is 0 Å². The number of hydrogen-bond donors (Lipinski definition) is 6. The highest BCUT2D eigenvalue weighted by molar-refractivity contribution is 5.81. The molecule has 0 saturated heterocycles. The van der Waals surface area contributed by atoms with Crippen LogP contribution in [-0.2, 0) is 14.4 Å². The average molecular weight is 457 g/mol. The second-order valence-electron chi connectivity index (χ2n) is 8.57. The summed E-state index contributed by atoms with van der Waals surface area (Å²) in [6.07, 6.45) is 6.08. The molecule has 6 N–H and O–H groups in total. The van der Waals surface area contributed by atoms with E-state index in [9.17, 15) is 14.4 Å². The largest absolute Gasteiger partial charge is 0.353 e. The minimum absolute atomic E-state index is 0.0367. The van der Waals surface area contributed by atoms with Gasteiger partial charge in [-0.15, -0.1) is 0 Å². The lowest BCUT2D eigenvalue weighted by Crippen LogP contribution is -2.44. The third-order valence-corrected chi connectivity index (χ3v) is 5.47. The number of ketones is 1.